The summed E-state index contributed by atoms with van der Waals surface area (Å²) in [6, 6.07) is 6.98. The molecule has 0 saturated carbocycles. The number of hydrogen-bond donors (Lipinski definition) is 1. The van der Waals surface area contributed by atoms with Gasteiger partial charge < -0.3 is 9.84 Å². The molecule has 0 spiro atoms. The zero-order valence-corrected chi connectivity index (χ0v) is 11.4. The number of carbonyl (C=O) groups excluding carboxylic acids is 1. The van der Waals surface area contributed by atoms with Gasteiger partial charge in [-0.1, -0.05) is 11.6 Å². The van der Waals surface area contributed by atoms with Gasteiger partial charge in [0.1, 0.15) is 24.0 Å². The van der Waals surface area contributed by atoms with Crippen LogP contribution in [0, 0.1) is 11.3 Å². The van der Waals surface area contributed by atoms with E-state index in [1.54, 1.807) is 18.2 Å². The molecule has 102 valence electrons. The van der Waals surface area contributed by atoms with E-state index in [0.29, 0.717) is 22.9 Å². The summed E-state index contributed by atoms with van der Waals surface area (Å²) >= 11 is 5.72. The molecule has 0 aliphatic carbocycles. The van der Waals surface area contributed by atoms with Gasteiger partial charge >= 0.3 is 5.97 Å². The predicted octanol–water partition coefficient (Wildman–Crippen LogP) is 2.66. The Balaban J connectivity index is 0.000000399. The average molecular weight is 284 g/mol. The molecule has 1 rings (SSSR count). The molecular formula is C13H14ClNO4. The van der Waals surface area contributed by atoms with Crippen LogP contribution in [0.1, 0.15) is 25.8 Å². The van der Waals surface area contributed by atoms with Gasteiger partial charge in [0.15, 0.2) is 0 Å². The lowest BCUT2D eigenvalue weighted by Crippen LogP contribution is -2.00. The molecule has 1 N–H and O–H groups in total. The molecular weight excluding hydrogens is 270 g/mol. The quantitative estimate of drug-likeness (QED) is 0.858. The van der Waals surface area contributed by atoms with Crippen LogP contribution in [-0.2, 0) is 9.59 Å². The van der Waals surface area contributed by atoms with Gasteiger partial charge in [0.2, 0.25) is 0 Å². The Morgan fingerprint density at radius 3 is 2.47 bits per heavy atom. The molecule has 0 aromatic heterocycles. The fourth-order valence-electron chi connectivity index (χ4n) is 1.08. The number of Topliss-reactive ketones (excluding diaryl/α,β-unsaturated/α-hetero) is 1. The van der Waals surface area contributed by atoms with Crippen molar-refractivity contribution in [2.75, 3.05) is 6.61 Å². The Labute approximate surface area is 116 Å². The molecule has 0 unspecified atom stereocenters. The molecule has 1 aromatic rings. The second-order valence-electron chi connectivity index (χ2n) is 3.46. The molecule has 0 radical (unpaired) electrons. The molecule has 0 heterocycles. The van der Waals surface area contributed by atoms with E-state index in [-0.39, 0.29) is 12.2 Å². The van der Waals surface area contributed by atoms with Crippen LogP contribution < -0.4 is 4.74 Å². The highest BCUT2D eigenvalue weighted by atomic mass is 35.5. The predicted molar refractivity (Wildman–Crippen MR) is 70.3 cm³/mol. The number of hydrogen-bond acceptors (Lipinski definition) is 4. The highest BCUT2D eigenvalue weighted by molar-refractivity contribution is 6.30. The van der Waals surface area contributed by atoms with E-state index < -0.39 is 5.97 Å². The number of carboxylic acids is 1. The number of ether oxygens (including phenoxy) is 1. The third-order valence-electron chi connectivity index (χ3n) is 1.76. The van der Waals surface area contributed by atoms with E-state index in [9.17, 15) is 9.59 Å². The second kappa shape index (κ2) is 8.95. The molecule has 0 aliphatic heterocycles. The molecule has 0 bridgehead atoms. The highest BCUT2D eigenvalue weighted by Gasteiger charge is 2.02. The fraction of sp³-hybridized carbons (Fsp3) is 0.308. The SMILES string of the molecule is CC(=O)CC(=O)O.CCOc1cc(Cl)ccc1C#N. The Hall–Kier alpha value is -2.06. The van der Waals surface area contributed by atoms with Crippen molar-refractivity contribution in [2.45, 2.75) is 20.3 Å². The van der Waals surface area contributed by atoms with Crippen LogP contribution >= 0.6 is 11.6 Å². The maximum Gasteiger partial charge on any atom is 0.310 e. The summed E-state index contributed by atoms with van der Waals surface area (Å²) in [5, 5.41) is 17.1. The van der Waals surface area contributed by atoms with Gasteiger partial charge in [-0.25, -0.2) is 0 Å². The van der Waals surface area contributed by atoms with Crippen LogP contribution in [0.15, 0.2) is 18.2 Å². The molecule has 1 aromatic carbocycles. The average Bonchev–Trinajstić information content (AvgIpc) is 2.28. The van der Waals surface area contributed by atoms with Gasteiger partial charge in [0.25, 0.3) is 0 Å². The molecule has 0 atom stereocenters. The van der Waals surface area contributed by atoms with Crippen LogP contribution in [0.4, 0.5) is 0 Å². The van der Waals surface area contributed by atoms with Crippen molar-refractivity contribution in [3.8, 4) is 11.8 Å². The summed E-state index contributed by atoms with van der Waals surface area (Å²) in [5.41, 5.74) is 0.515. The van der Waals surface area contributed by atoms with Crippen LogP contribution in [-0.4, -0.2) is 23.5 Å². The first kappa shape index (κ1) is 16.9. The van der Waals surface area contributed by atoms with Crippen LogP contribution in [0.5, 0.6) is 5.75 Å². The first-order chi connectivity index (χ1) is 8.90. The first-order valence-corrected chi connectivity index (χ1v) is 5.82. The Kier molecular flexibility index (Phi) is 7.98. The zero-order valence-electron chi connectivity index (χ0n) is 10.6. The van der Waals surface area contributed by atoms with Crippen molar-refractivity contribution in [3.63, 3.8) is 0 Å². The number of rotatable bonds is 4. The monoisotopic (exact) mass is 283 g/mol. The van der Waals surface area contributed by atoms with E-state index in [1.807, 2.05) is 13.0 Å². The van der Waals surface area contributed by atoms with Gasteiger partial charge in [-0.05, 0) is 26.0 Å². The van der Waals surface area contributed by atoms with Crippen molar-refractivity contribution in [1.29, 1.82) is 5.26 Å². The molecule has 5 nitrogen and oxygen atoms in total. The number of halogens is 1. The summed E-state index contributed by atoms with van der Waals surface area (Å²) in [5.74, 6) is -0.826. The zero-order chi connectivity index (χ0) is 14.8. The van der Waals surface area contributed by atoms with Crippen LogP contribution in [0.3, 0.4) is 0 Å². The number of ketones is 1. The number of carbonyl (C=O) groups is 2. The maximum atomic E-state index is 9.87. The lowest BCUT2D eigenvalue weighted by Gasteiger charge is -2.04. The third kappa shape index (κ3) is 7.79. The molecule has 0 aliphatic rings. The number of benzene rings is 1. The van der Waals surface area contributed by atoms with E-state index >= 15 is 0 Å². The van der Waals surface area contributed by atoms with E-state index in [4.69, 9.17) is 26.7 Å². The van der Waals surface area contributed by atoms with Gasteiger partial charge in [0, 0.05) is 11.1 Å². The summed E-state index contributed by atoms with van der Waals surface area (Å²) in [6.45, 7) is 3.64. The van der Waals surface area contributed by atoms with Gasteiger partial charge in [0.05, 0.1) is 12.2 Å². The van der Waals surface area contributed by atoms with Crippen molar-refractivity contribution < 1.29 is 19.4 Å². The summed E-state index contributed by atoms with van der Waals surface area (Å²) in [6.07, 6.45) is -0.361. The molecule has 6 heteroatoms. The van der Waals surface area contributed by atoms with Crippen molar-refractivity contribution in [3.05, 3.63) is 28.8 Å². The second-order valence-corrected chi connectivity index (χ2v) is 3.89. The van der Waals surface area contributed by atoms with Gasteiger partial charge in [-0.3, -0.25) is 9.59 Å². The van der Waals surface area contributed by atoms with Crippen molar-refractivity contribution in [2.24, 2.45) is 0 Å². The molecule has 0 fully saturated rings. The van der Waals surface area contributed by atoms with E-state index in [0.717, 1.165) is 0 Å². The number of carboxylic acid groups (broad SMARTS) is 1. The van der Waals surface area contributed by atoms with E-state index in [2.05, 4.69) is 0 Å². The van der Waals surface area contributed by atoms with Gasteiger partial charge in [-0.2, -0.15) is 5.26 Å². The molecule has 0 amide bonds. The lowest BCUT2D eigenvalue weighted by molar-refractivity contribution is -0.139. The minimum Gasteiger partial charge on any atom is -0.492 e. The van der Waals surface area contributed by atoms with Gasteiger partial charge in [-0.15, -0.1) is 0 Å². The minimum atomic E-state index is -1.06. The summed E-state index contributed by atoms with van der Waals surface area (Å²) in [7, 11) is 0. The topological polar surface area (TPSA) is 87.4 Å². The smallest absolute Gasteiger partial charge is 0.310 e. The standard InChI is InChI=1S/C9H8ClNO.C4H6O3/c1-2-12-9-5-8(10)4-3-7(9)6-11;1-3(5)2-4(6)7/h3-5H,2H2,1H3;2H2,1H3,(H,6,7). The summed E-state index contributed by atoms with van der Waals surface area (Å²) in [4.78, 5) is 19.5. The lowest BCUT2D eigenvalue weighted by atomic mass is 10.2. The summed E-state index contributed by atoms with van der Waals surface area (Å²) < 4.78 is 5.20. The van der Waals surface area contributed by atoms with E-state index in [1.165, 1.54) is 6.92 Å². The number of aliphatic carboxylic acids is 1. The minimum absolute atomic E-state index is 0.312. The Morgan fingerprint density at radius 2 is 2.11 bits per heavy atom. The van der Waals surface area contributed by atoms with Crippen LogP contribution in [0.25, 0.3) is 0 Å². The number of nitrogens with zero attached hydrogens (tertiary/aromatic N) is 1. The Morgan fingerprint density at radius 1 is 1.47 bits per heavy atom. The molecule has 19 heavy (non-hydrogen) atoms. The molecule has 0 saturated heterocycles. The third-order valence-corrected chi connectivity index (χ3v) is 2.00. The maximum absolute atomic E-state index is 9.87. The normalized spacial score (nSPS) is 8.74. The van der Waals surface area contributed by atoms with Crippen molar-refractivity contribution in [1.82, 2.24) is 0 Å². The van der Waals surface area contributed by atoms with Crippen molar-refractivity contribution >= 4 is 23.4 Å². The highest BCUT2D eigenvalue weighted by Crippen LogP contribution is 2.22. The Bertz CT molecular complexity index is 482. The number of nitriles is 1. The van der Waals surface area contributed by atoms with Crippen LogP contribution in [0.2, 0.25) is 5.02 Å². The first-order valence-electron chi connectivity index (χ1n) is 5.44. The largest absolute Gasteiger partial charge is 0.492 e. The fourth-order valence-corrected chi connectivity index (χ4v) is 1.24.